The van der Waals surface area contributed by atoms with E-state index < -0.39 is 11.5 Å². The van der Waals surface area contributed by atoms with Crippen LogP contribution in [-0.2, 0) is 4.79 Å². The van der Waals surface area contributed by atoms with Gasteiger partial charge in [0, 0.05) is 6.04 Å². The van der Waals surface area contributed by atoms with Crippen molar-refractivity contribution >= 4 is 17.7 Å². The lowest BCUT2D eigenvalue weighted by molar-refractivity contribution is -0.144. The number of aliphatic carboxylic acids is 1. The lowest BCUT2D eigenvalue weighted by Gasteiger charge is -2.28. The van der Waals surface area contributed by atoms with Gasteiger partial charge in [-0.2, -0.15) is 11.8 Å². The predicted molar refractivity (Wildman–Crippen MR) is 75.8 cm³/mol. The molecule has 3 nitrogen and oxygen atoms in total. The highest BCUT2D eigenvalue weighted by molar-refractivity contribution is 7.99. The van der Waals surface area contributed by atoms with Crippen molar-refractivity contribution < 1.29 is 9.90 Å². The number of nitrogens with one attached hydrogen (secondary N) is 1. The fraction of sp³-hybridized carbons (Fsp3) is 0.923. The van der Waals surface area contributed by atoms with Crippen molar-refractivity contribution in [3.05, 3.63) is 0 Å². The zero-order chi connectivity index (χ0) is 13.3. The molecule has 0 aliphatic rings. The van der Waals surface area contributed by atoms with Crippen LogP contribution in [0.2, 0.25) is 0 Å². The summed E-state index contributed by atoms with van der Waals surface area (Å²) in [6, 6.07) is 0.200. The maximum Gasteiger partial charge on any atom is 0.323 e. The molecular formula is C13H27NO2S. The molecular weight excluding hydrogens is 234 g/mol. The Hall–Kier alpha value is -0.220. The van der Waals surface area contributed by atoms with E-state index in [4.69, 9.17) is 0 Å². The van der Waals surface area contributed by atoms with Crippen LogP contribution in [0.25, 0.3) is 0 Å². The number of carboxylic acids is 1. The molecule has 102 valence electrons. The minimum absolute atomic E-state index is 0.200. The van der Waals surface area contributed by atoms with Gasteiger partial charge in [0.05, 0.1) is 0 Å². The zero-order valence-electron chi connectivity index (χ0n) is 11.6. The molecule has 0 saturated carbocycles. The van der Waals surface area contributed by atoms with Crippen LogP contribution >= 0.6 is 11.8 Å². The predicted octanol–water partition coefficient (Wildman–Crippen LogP) is 3.14. The molecule has 0 aliphatic heterocycles. The Morgan fingerprint density at radius 1 is 1.35 bits per heavy atom. The van der Waals surface area contributed by atoms with Crippen molar-refractivity contribution in [2.45, 2.75) is 65.0 Å². The number of hydrogen-bond donors (Lipinski definition) is 2. The quantitative estimate of drug-likeness (QED) is 0.593. The summed E-state index contributed by atoms with van der Waals surface area (Å²) in [6.45, 7) is 7.94. The molecule has 0 aliphatic carbocycles. The second kappa shape index (κ2) is 8.81. The summed E-state index contributed by atoms with van der Waals surface area (Å²) in [7, 11) is 0. The van der Waals surface area contributed by atoms with Gasteiger partial charge in [0.2, 0.25) is 0 Å². The van der Waals surface area contributed by atoms with Crippen molar-refractivity contribution in [2.24, 2.45) is 0 Å². The topological polar surface area (TPSA) is 49.3 Å². The van der Waals surface area contributed by atoms with E-state index in [1.165, 1.54) is 12.2 Å². The number of rotatable bonds is 10. The van der Waals surface area contributed by atoms with E-state index in [2.05, 4.69) is 12.2 Å². The Balaban J connectivity index is 3.89. The fourth-order valence-corrected chi connectivity index (χ4v) is 2.71. The van der Waals surface area contributed by atoms with Crippen LogP contribution in [0.15, 0.2) is 0 Å². The number of hydrogen-bond acceptors (Lipinski definition) is 3. The first-order valence-corrected chi connectivity index (χ1v) is 7.66. The first-order valence-electron chi connectivity index (χ1n) is 6.51. The zero-order valence-corrected chi connectivity index (χ0v) is 12.4. The van der Waals surface area contributed by atoms with E-state index in [0.717, 1.165) is 18.6 Å². The van der Waals surface area contributed by atoms with Crippen molar-refractivity contribution in [1.29, 1.82) is 0 Å². The largest absolute Gasteiger partial charge is 0.480 e. The molecule has 0 amide bonds. The molecule has 0 saturated heterocycles. The number of carboxylic acid groups (broad SMARTS) is 1. The summed E-state index contributed by atoms with van der Waals surface area (Å²) in [5.41, 5.74) is -0.774. The van der Waals surface area contributed by atoms with Gasteiger partial charge in [-0.15, -0.1) is 0 Å². The van der Waals surface area contributed by atoms with Gasteiger partial charge in [-0.1, -0.05) is 13.3 Å². The molecule has 2 N–H and O–H groups in total. The van der Waals surface area contributed by atoms with Gasteiger partial charge in [0.15, 0.2) is 0 Å². The van der Waals surface area contributed by atoms with Crippen LogP contribution in [0.5, 0.6) is 0 Å². The van der Waals surface area contributed by atoms with E-state index in [0.29, 0.717) is 6.42 Å². The van der Waals surface area contributed by atoms with Gasteiger partial charge >= 0.3 is 5.97 Å². The van der Waals surface area contributed by atoms with Crippen LogP contribution < -0.4 is 5.32 Å². The monoisotopic (exact) mass is 261 g/mol. The normalized spacial score (nSPS) is 14.9. The third kappa shape index (κ3) is 7.66. The van der Waals surface area contributed by atoms with Crippen LogP contribution in [-0.4, -0.2) is 34.2 Å². The van der Waals surface area contributed by atoms with E-state index >= 15 is 0 Å². The number of carbonyl (C=O) groups is 1. The minimum atomic E-state index is -0.774. The molecule has 0 rings (SSSR count). The maximum atomic E-state index is 11.3. The third-order valence-corrected chi connectivity index (χ3v) is 3.92. The Morgan fingerprint density at radius 3 is 2.47 bits per heavy atom. The van der Waals surface area contributed by atoms with Crippen LogP contribution in [0.1, 0.15) is 53.4 Å². The summed E-state index contributed by atoms with van der Waals surface area (Å²) in [5, 5.41) is 12.4. The van der Waals surface area contributed by atoms with Crippen molar-refractivity contribution in [3.63, 3.8) is 0 Å². The van der Waals surface area contributed by atoms with E-state index in [-0.39, 0.29) is 6.04 Å². The summed E-state index contributed by atoms with van der Waals surface area (Å²) >= 11 is 1.96. The van der Waals surface area contributed by atoms with Gasteiger partial charge in [-0.05, 0) is 51.5 Å². The molecule has 0 aromatic heterocycles. The summed E-state index contributed by atoms with van der Waals surface area (Å²) in [5.74, 6) is 1.61. The van der Waals surface area contributed by atoms with Crippen LogP contribution in [0, 0.1) is 0 Å². The highest BCUT2D eigenvalue weighted by Crippen LogP contribution is 2.17. The third-order valence-electron chi connectivity index (χ3n) is 2.64. The standard InChI is InChI=1S/C13H27NO2S/c1-5-9-17-10-7-6-8-13(4,12(15)16)14-11(2)3/h11,14H,5-10H2,1-4H3,(H,15,16). The Morgan fingerprint density at radius 2 is 2.00 bits per heavy atom. The highest BCUT2D eigenvalue weighted by atomic mass is 32.2. The molecule has 0 spiro atoms. The molecule has 1 unspecified atom stereocenters. The van der Waals surface area contributed by atoms with E-state index in [9.17, 15) is 9.90 Å². The van der Waals surface area contributed by atoms with Gasteiger partial charge in [-0.3, -0.25) is 10.1 Å². The average Bonchev–Trinajstić information content (AvgIpc) is 2.22. The van der Waals surface area contributed by atoms with Crippen LogP contribution in [0.4, 0.5) is 0 Å². The molecule has 0 radical (unpaired) electrons. The summed E-state index contributed by atoms with van der Waals surface area (Å²) < 4.78 is 0. The van der Waals surface area contributed by atoms with Gasteiger partial charge in [-0.25, -0.2) is 0 Å². The van der Waals surface area contributed by atoms with Crippen LogP contribution in [0.3, 0.4) is 0 Å². The first kappa shape index (κ1) is 16.8. The Labute approximate surface area is 110 Å². The van der Waals surface area contributed by atoms with Crippen molar-refractivity contribution in [3.8, 4) is 0 Å². The molecule has 0 bridgehead atoms. The smallest absolute Gasteiger partial charge is 0.323 e. The van der Waals surface area contributed by atoms with Gasteiger partial charge < -0.3 is 5.11 Å². The van der Waals surface area contributed by atoms with Crippen molar-refractivity contribution in [2.75, 3.05) is 11.5 Å². The fourth-order valence-electron chi connectivity index (χ4n) is 1.81. The second-order valence-electron chi connectivity index (χ2n) is 5.01. The Bertz CT molecular complexity index is 221. The lowest BCUT2D eigenvalue weighted by Crippen LogP contribution is -2.52. The number of thioether (sulfide) groups is 1. The van der Waals surface area contributed by atoms with Gasteiger partial charge in [0.25, 0.3) is 0 Å². The Kier molecular flexibility index (Phi) is 8.70. The molecule has 4 heteroatoms. The molecule has 0 heterocycles. The van der Waals surface area contributed by atoms with E-state index in [1.54, 1.807) is 6.92 Å². The summed E-state index contributed by atoms with van der Waals surface area (Å²) in [4.78, 5) is 11.3. The molecule has 17 heavy (non-hydrogen) atoms. The lowest BCUT2D eigenvalue weighted by atomic mass is 9.94. The minimum Gasteiger partial charge on any atom is -0.480 e. The summed E-state index contributed by atoms with van der Waals surface area (Å²) in [6.07, 6.45) is 3.99. The molecule has 0 aromatic rings. The number of unbranched alkanes of at least 4 members (excludes halogenated alkanes) is 1. The van der Waals surface area contributed by atoms with Crippen molar-refractivity contribution in [1.82, 2.24) is 5.32 Å². The van der Waals surface area contributed by atoms with Gasteiger partial charge in [0.1, 0.15) is 5.54 Å². The SMILES string of the molecule is CCCSCCCCC(C)(NC(C)C)C(=O)O. The molecule has 0 aromatic carbocycles. The highest BCUT2D eigenvalue weighted by Gasteiger charge is 2.32. The average molecular weight is 261 g/mol. The van der Waals surface area contributed by atoms with E-state index in [1.807, 2.05) is 25.6 Å². The molecule has 0 fully saturated rings. The first-order chi connectivity index (χ1) is 7.92. The second-order valence-corrected chi connectivity index (χ2v) is 6.23. The molecule has 1 atom stereocenters. The maximum absolute atomic E-state index is 11.3.